The van der Waals surface area contributed by atoms with Gasteiger partial charge in [0.1, 0.15) is 17.2 Å². The average Bonchev–Trinajstić information content (AvgIpc) is 3.49. The van der Waals surface area contributed by atoms with Crippen LogP contribution in [0.1, 0.15) is 12.6 Å². The van der Waals surface area contributed by atoms with Gasteiger partial charge < -0.3 is 13.9 Å². The van der Waals surface area contributed by atoms with E-state index in [-0.39, 0.29) is 18.2 Å². The molecule has 3 heterocycles. The van der Waals surface area contributed by atoms with Gasteiger partial charge in [-0.1, -0.05) is 17.7 Å². The Kier molecular flexibility index (Phi) is 6.75. The van der Waals surface area contributed by atoms with Crippen molar-refractivity contribution >= 4 is 27.6 Å². The van der Waals surface area contributed by atoms with Crippen molar-refractivity contribution < 1.29 is 22.3 Å². The summed E-state index contributed by atoms with van der Waals surface area (Å²) in [6.45, 7) is 1.58. The number of halogens is 1. The van der Waals surface area contributed by atoms with Gasteiger partial charge in [0.25, 0.3) is 0 Å². The quantitative estimate of drug-likeness (QED) is 0.364. The highest BCUT2D eigenvalue weighted by molar-refractivity contribution is 7.93. The molecule has 3 aromatic heterocycles. The van der Waals surface area contributed by atoms with Gasteiger partial charge in [-0.15, -0.1) is 10.2 Å². The zero-order valence-electron chi connectivity index (χ0n) is 18.6. The fourth-order valence-corrected chi connectivity index (χ4v) is 4.43. The number of hydrogen-bond acceptors (Lipinski definition) is 8. The van der Waals surface area contributed by atoms with Crippen molar-refractivity contribution in [1.82, 2.24) is 19.7 Å². The van der Waals surface area contributed by atoms with E-state index >= 15 is 0 Å². The number of pyridine rings is 1. The van der Waals surface area contributed by atoms with Crippen LogP contribution in [0.4, 0.5) is 5.95 Å². The van der Waals surface area contributed by atoms with E-state index in [4.69, 9.17) is 25.5 Å². The minimum atomic E-state index is -3.91. The highest BCUT2D eigenvalue weighted by atomic mass is 35.5. The SMILES string of the molecule is COc1cccc(OC)c1-n1c(NS(=O)(=O)[C@H](C)Cc2ccc(Cl)cn2)nnc1-c1ccco1. The van der Waals surface area contributed by atoms with Crippen LogP contribution in [0.15, 0.2) is 59.3 Å². The number of anilines is 1. The molecule has 4 aromatic rings. The van der Waals surface area contributed by atoms with Crippen LogP contribution in [0.3, 0.4) is 0 Å². The monoisotopic (exact) mass is 503 g/mol. The Morgan fingerprint density at radius 2 is 1.82 bits per heavy atom. The predicted molar refractivity (Wildman–Crippen MR) is 127 cm³/mol. The normalized spacial score (nSPS) is 12.4. The molecule has 0 amide bonds. The van der Waals surface area contributed by atoms with Gasteiger partial charge in [0.2, 0.25) is 21.8 Å². The molecular weight excluding hydrogens is 482 g/mol. The first-order valence-corrected chi connectivity index (χ1v) is 12.1. The molecule has 0 spiro atoms. The fraction of sp³-hybridized carbons (Fsp3) is 0.227. The third-order valence-electron chi connectivity index (χ3n) is 5.08. The largest absolute Gasteiger partial charge is 0.494 e. The van der Waals surface area contributed by atoms with Crippen LogP contribution in [-0.4, -0.2) is 47.6 Å². The fourth-order valence-electron chi connectivity index (χ4n) is 3.34. The Labute approximate surface area is 201 Å². The average molecular weight is 504 g/mol. The molecule has 1 aromatic carbocycles. The summed E-state index contributed by atoms with van der Waals surface area (Å²) < 4.78 is 47.0. The number of nitrogens with one attached hydrogen (secondary N) is 1. The van der Waals surface area contributed by atoms with E-state index in [1.165, 1.54) is 31.2 Å². The number of nitrogens with zero attached hydrogens (tertiary/aromatic N) is 4. The summed E-state index contributed by atoms with van der Waals surface area (Å²) in [7, 11) is -0.905. The van der Waals surface area contributed by atoms with Crippen molar-refractivity contribution in [3.05, 3.63) is 65.6 Å². The minimum absolute atomic E-state index is 0.0508. The lowest BCUT2D eigenvalue weighted by molar-refractivity contribution is 0.391. The third kappa shape index (κ3) is 4.70. The number of benzene rings is 1. The van der Waals surface area contributed by atoms with Gasteiger partial charge in [-0.2, -0.15) is 0 Å². The highest BCUT2D eigenvalue weighted by Crippen LogP contribution is 2.37. The van der Waals surface area contributed by atoms with Gasteiger partial charge >= 0.3 is 0 Å². The zero-order chi connectivity index (χ0) is 24.3. The molecule has 0 bridgehead atoms. The highest BCUT2D eigenvalue weighted by Gasteiger charge is 2.28. The first kappa shape index (κ1) is 23.6. The van der Waals surface area contributed by atoms with E-state index in [9.17, 15) is 8.42 Å². The number of methoxy groups -OCH3 is 2. The maximum Gasteiger partial charge on any atom is 0.243 e. The number of hydrogen-bond donors (Lipinski definition) is 1. The van der Waals surface area contributed by atoms with Crippen molar-refractivity contribution in [1.29, 1.82) is 0 Å². The molecule has 12 heteroatoms. The van der Waals surface area contributed by atoms with Gasteiger partial charge in [0, 0.05) is 18.3 Å². The molecule has 0 saturated carbocycles. The number of rotatable bonds is 9. The van der Waals surface area contributed by atoms with Crippen molar-refractivity contribution in [3.8, 4) is 28.8 Å². The Balaban J connectivity index is 1.77. The van der Waals surface area contributed by atoms with Gasteiger partial charge in [0.15, 0.2) is 5.76 Å². The van der Waals surface area contributed by atoms with E-state index in [1.807, 2.05) is 0 Å². The van der Waals surface area contributed by atoms with E-state index < -0.39 is 15.3 Å². The lowest BCUT2D eigenvalue weighted by atomic mass is 10.2. The standard InChI is InChI=1S/C22H22ClN5O5S/c1-14(12-16-10-9-15(23)13-24-16)34(29,30)27-22-26-25-21(19-8-5-11-33-19)28(22)20-17(31-2)6-4-7-18(20)32-3/h4-11,13-14H,12H2,1-3H3,(H,26,27)/t14-/m1/s1. The van der Waals surface area contributed by atoms with Crippen LogP contribution in [0.2, 0.25) is 5.02 Å². The summed E-state index contributed by atoms with van der Waals surface area (Å²) in [6, 6.07) is 11.9. The molecule has 0 fully saturated rings. The lowest BCUT2D eigenvalue weighted by Gasteiger charge is -2.18. The number of para-hydroxylation sites is 1. The molecule has 4 rings (SSSR count). The molecule has 0 aliphatic carbocycles. The summed E-state index contributed by atoms with van der Waals surface area (Å²) in [4.78, 5) is 4.18. The second-order valence-electron chi connectivity index (χ2n) is 7.30. The molecule has 1 N–H and O–H groups in total. The molecule has 0 unspecified atom stereocenters. The van der Waals surface area contributed by atoms with Crippen LogP contribution in [0, 0.1) is 0 Å². The summed E-state index contributed by atoms with van der Waals surface area (Å²) in [5, 5.41) is 7.92. The first-order valence-electron chi connectivity index (χ1n) is 10.2. The summed E-state index contributed by atoms with van der Waals surface area (Å²) in [5.74, 6) is 1.43. The second kappa shape index (κ2) is 9.74. The van der Waals surface area contributed by atoms with Crippen LogP contribution in [0.25, 0.3) is 17.3 Å². The maximum absolute atomic E-state index is 13.2. The smallest absolute Gasteiger partial charge is 0.243 e. The van der Waals surface area contributed by atoms with E-state index in [0.29, 0.717) is 33.7 Å². The van der Waals surface area contributed by atoms with Crippen molar-refractivity contribution in [2.24, 2.45) is 0 Å². The van der Waals surface area contributed by atoms with Crippen LogP contribution >= 0.6 is 11.6 Å². The third-order valence-corrected chi connectivity index (χ3v) is 7.00. The summed E-state index contributed by atoms with van der Waals surface area (Å²) >= 11 is 5.88. The Morgan fingerprint density at radius 1 is 1.09 bits per heavy atom. The molecule has 0 radical (unpaired) electrons. The van der Waals surface area contributed by atoms with Crippen LogP contribution in [-0.2, 0) is 16.4 Å². The topological polar surface area (TPSA) is 121 Å². The Hall–Kier alpha value is -3.57. The lowest BCUT2D eigenvalue weighted by Crippen LogP contribution is -2.28. The summed E-state index contributed by atoms with van der Waals surface area (Å²) in [5.41, 5.74) is 1.00. The molecule has 0 aliphatic heterocycles. The Bertz CT molecular complexity index is 1350. The van der Waals surface area contributed by atoms with Gasteiger partial charge in [0.05, 0.1) is 30.8 Å². The second-order valence-corrected chi connectivity index (χ2v) is 9.84. The van der Waals surface area contributed by atoms with E-state index in [2.05, 4.69) is 19.9 Å². The zero-order valence-corrected chi connectivity index (χ0v) is 20.2. The molecule has 1 atom stereocenters. The summed E-state index contributed by atoms with van der Waals surface area (Å²) in [6.07, 6.45) is 3.13. The van der Waals surface area contributed by atoms with E-state index in [1.54, 1.807) is 49.4 Å². The maximum atomic E-state index is 13.2. The predicted octanol–water partition coefficient (Wildman–Crippen LogP) is 3.97. The Morgan fingerprint density at radius 3 is 2.41 bits per heavy atom. The molecule has 10 nitrogen and oxygen atoms in total. The molecule has 0 saturated heterocycles. The van der Waals surface area contributed by atoms with Crippen molar-refractivity contribution in [2.45, 2.75) is 18.6 Å². The van der Waals surface area contributed by atoms with Crippen molar-refractivity contribution in [2.75, 3.05) is 18.9 Å². The number of aromatic nitrogens is 4. The van der Waals surface area contributed by atoms with Gasteiger partial charge in [-0.25, -0.2) is 8.42 Å². The number of furan rings is 1. The number of ether oxygens (including phenoxy) is 2. The molecule has 0 aliphatic rings. The molecular formula is C22H22ClN5O5S. The van der Waals surface area contributed by atoms with E-state index in [0.717, 1.165) is 0 Å². The first-order chi connectivity index (χ1) is 16.3. The van der Waals surface area contributed by atoms with Crippen LogP contribution in [0.5, 0.6) is 11.5 Å². The van der Waals surface area contributed by atoms with Crippen molar-refractivity contribution in [3.63, 3.8) is 0 Å². The van der Waals surface area contributed by atoms with Gasteiger partial charge in [-0.05, 0) is 43.3 Å². The molecule has 34 heavy (non-hydrogen) atoms. The van der Waals surface area contributed by atoms with Crippen LogP contribution < -0.4 is 14.2 Å². The minimum Gasteiger partial charge on any atom is -0.494 e. The molecule has 178 valence electrons. The number of sulfonamides is 1. The van der Waals surface area contributed by atoms with Gasteiger partial charge in [-0.3, -0.25) is 14.3 Å².